The fraction of sp³-hybridized carbons (Fsp3) is 0.158. The van der Waals surface area contributed by atoms with Crippen LogP contribution in [0.5, 0.6) is 0 Å². The molecule has 0 radical (unpaired) electrons. The highest BCUT2D eigenvalue weighted by Gasteiger charge is 2.17. The minimum Gasteiger partial charge on any atom is -0.336 e. The fourth-order valence-corrected chi connectivity index (χ4v) is 3.00. The summed E-state index contributed by atoms with van der Waals surface area (Å²) >= 11 is 3.32. The highest BCUT2D eigenvalue weighted by atomic mass is 79.9. The van der Waals surface area contributed by atoms with Crippen LogP contribution in [0.2, 0.25) is 0 Å². The van der Waals surface area contributed by atoms with Crippen LogP contribution in [-0.4, -0.2) is 15.5 Å². The number of aromatic nitrogens is 2. The van der Waals surface area contributed by atoms with Crippen molar-refractivity contribution >= 4 is 32.7 Å². The Bertz CT molecular complexity index is 1110. The molecule has 0 fully saturated rings. The van der Waals surface area contributed by atoms with Gasteiger partial charge in [0.2, 0.25) is 5.91 Å². The average molecular weight is 429 g/mol. The number of rotatable bonds is 5. The van der Waals surface area contributed by atoms with Crippen LogP contribution in [0.3, 0.4) is 0 Å². The molecule has 1 aromatic heterocycles. The molecule has 0 aliphatic rings. The van der Waals surface area contributed by atoms with Crippen molar-refractivity contribution in [2.75, 3.05) is 0 Å². The summed E-state index contributed by atoms with van der Waals surface area (Å²) in [5, 5.41) is 12.1. The zero-order valence-electron chi connectivity index (χ0n) is 14.0. The number of benzene rings is 2. The monoisotopic (exact) mass is 428 g/mol. The van der Waals surface area contributed by atoms with Crippen molar-refractivity contribution in [1.82, 2.24) is 14.9 Å². The van der Waals surface area contributed by atoms with Crippen LogP contribution in [0, 0.1) is 17.1 Å². The van der Waals surface area contributed by atoms with Gasteiger partial charge < -0.3 is 5.32 Å². The van der Waals surface area contributed by atoms with Crippen molar-refractivity contribution in [2.45, 2.75) is 19.0 Å². The lowest BCUT2D eigenvalue weighted by atomic mass is 10.1. The second-order valence-corrected chi connectivity index (χ2v) is 6.72. The highest BCUT2D eigenvalue weighted by Crippen LogP contribution is 2.17. The van der Waals surface area contributed by atoms with E-state index in [4.69, 9.17) is 0 Å². The molecule has 2 aromatic carbocycles. The molecule has 8 heteroatoms. The minimum atomic E-state index is -1.10. The molecule has 3 rings (SSSR count). The lowest BCUT2D eigenvalue weighted by Crippen LogP contribution is -2.30. The summed E-state index contributed by atoms with van der Waals surface area (Å²) in [6, 6.07) is 11.7. The van der Waals surface area contributed by atoms with Gasteiger partial charge in [-0.05, 0) is 24.3 Å². The third kappa shape index (κ3) is 4.20. The summed E-state index contributed by atoms with van der Waals surface area (Å²) in [7, 11) is 0. The maximum atomic E-state index is 13.8. The standard InChI is InChI=1S/C19H14BrFN4O2/c20-12-5-6-16-14(9-12)19(27)25(11-23-16)8-7-18(26)24-17(10-22)13-3-1-2-4-15(13)21/h1-6,9,11,17H,7-8H2,(H,24,26). The van der Waals surface area contributed by atoms with E-state index >= 15 is 0 Å². The minimum absolute atomic E-state index is 0.0479. The molecule has 0 aliphatic carbocycles. The molecule has 3 aromatic rings. The summed E-state index contributed by atoms with van der Waals surface area (Å²) in [4.78, 5) is 28.9. The first kappa shape index (κ1) is 18.7. The van der Waals surface area contributed by atoms with Gasteiger partial charge in [0.05, 0.1) is 23.3 Å². The maximum Gasteiger partial charge on any atom is 0.261 e. The Morgan fingerprint density at radius 2 is 2.11 bits per heavy atom. The van der Waals surface area contributed by atoms with Crippen molar-refractivity contribution < 1.29 is 9.18 Å². The van der Waals surface area contributed by atoms with Crippen LogP contribution < -0.4 is 10.9 Å². The molecule has 0 spiro atoms. The number of nitrogens with one attached hydrogen (secondary N) is 1. The van der Waals surface area contributed by atoms with Crippen molar-refractivity contribution in [3.05, 3.63) is 75.0 Å². The van der Waals surface area contributed by atoms with Gasteiger partial charge in [-0.3, -0.25) is 14.2 Å². The van der Waals surface area contributed by atoms with E-state index in [9.17, 15) is 19.2 Å². The number of hydrogen-bond donors (Lipinski definition) is 1. The number of carbonyl (C=O) groups is 1. The summed E-state index contributed by atoms with van der Waals surface area (Å²) in [6.07, 6.45) is 1.33. The number of carbonyl (C=O) groups excluding carboxylic acids is 1. The second kappa shape index (κ2) is 8.10. The average Bonchev–Trinajstić information content (AvgIpc) is 2.66. The van der Waals surface area contributed by atoms with Gasteiger partial charge in [-0.25, -0.2) is 9.37 Å². The van der Waals surface area contributed by atoms with Gasteiger partial charge in [-0.2, -0.15) is 5.26 Å². The number of nitrogens with zero attached hydrogens (tertiary/aromatic N) is 3. The molecule has 0 saturated carbocycles. The Labute approximate surface area is 162 Å². The van der Waals surface area contributed by atoms with E-state index in [1.807, 2.05) is 6.07 Å². The molecule has 1 atom stereocenters. The van der Waals surface area contributed by atoms with E-state index in [0.29, 0.717) is 10.9 Å². The molecular formula is C19H14BrFN4O2. The predicted molar refractivity (Wildman–Crippen MR) is 101 cm³/mol. The number of amides is 1. The first-order chi connectivity index (χ1) is 13.0. The van der Waals surface area contributed by atoms with Gasteiger partial charge in [-0.15, -0.1) is 0 Å². The third-order valence-electron chi connectivity index (χ3n) is 4.02. The van der Waals surface area contributed by atoms with Gasteiger partial charge in [0.1, 0.15) is 11.9 Å². The van der Waals surface area contributed by atoms with E-state index in [2.05, 4.69) is 26.2 Å². The van der Waals surface area contributed by atoms with Crippen LogP contribution >= 0.6 is 15.9 Å². The molecule has 6 nitrogen and oxygen atoms in total. The van der Waals surface area contributed by atoms with Crippen molar-refractivity contribution in [3.8, 4) is 6.07 Å². The molecule has 1 unspecified atom stereocenters. The van der Waals surface area contributed by atoms with E-state index in [1.54, 1.807) is 24.3 Å². The van der Waals surface area contributed by atoms with Crippen molar-refractivity contribution in [3.63, 3.8) is 0 Å². The summed E-state index contributed by atoms with van der Waals surface area (Å²) in [5.74, 6) is -1.03. The Kier molecular flexibility index (Phi) is 5.62. The van der Waals surface area contributed by atoms with Gasteiger partial charge in [0.25, 0.3) is 5.56 Å². The van der Waals surface area contributed by atoms with Crippen molar-refractivity contribution in [1.29, 1.82) is 5.26 Å². The molecule has 0 bridgehead atoms. The second-order valence-electron chi connectivity index (χ2n) is 5.81. The number of hydrogen-bond acceptors (Lipinski definition) is 4. The molecule has 136 valence electrons. The van der Waals surface area contributed by atoms with Crippen molar-refractivity contribution in [2.24, 2.45) is 0 Å². The lowest BCUT2D eigenvalue weighted by molar-refractivity contribution is -0.121. The maximum absolute atomic E-state index is 13.8. The molecule has 0 saturated heterocycles. The summed E-state index contributed by atoms with van der Waals surface area (Å²) in [5.41, 5.74) is 0.399. The predicted octanol–water partition coefficient (Wildman–Crippen LogP) is 3.07. The van der Waals surface area contributed by atoms with Crippen LogP contribution in [0.1, 0.15) is 18.0 Å². The first-order valence-corrected chi connectivity index (χ1v) is 8.87. The molecule has 1 heterocycles. The Morgan fingerprint density at radius 1 is 1.33 bits per heavy atom. The molecular weight excluding hydrogens is 415 g/mol. The number of nitriles is 1. The van der Waals surface area contributed by atoms with Crippen LogP contribution in [0.25, 0.3) is 10.9 Å². The largest absolute Gasteiger partial charge is 0.336 e. The normalized spacial score (nSPS) is 11.7. The highest BCUT2D eigenvalue weighted by molar-refractivity contribution is 9.10. The molecule has 0 aliphatic heterocycles. The Hall–Kier alpha value is -3.05. The zero-order chi connectivity index (χ0) is 19.4. The van der Waals surface area contributed by atoms with E-state index in [0.717, 1.165) is 4.47 Å². The van der Waals surface area contributed by atoms with Crippen LogP contribution in [-0.2, 0) is 11.3 Å². The SMILES string of the molecule is N#CC(NC(=O)CCn1cnc2ccc(Br)cc2c1=O)c1ccccc1F. The number of aryl methyl sites for hydroxylation is 1. The fourth-order valence-electron chi connectivity index (χ4n) is 2.63. The smallest absolute Gasteiger partial charge is 0.261 e. The topological polar surface area (TPSA) is 87.8 Å². The van der Waals surface area contributed by atoms with E-state index < -0.39 is 17.8 Å². The van der Waals surface area contributed by atoms with Gasteiger partial charge >= 0.3 is 0 Å². The van der Waals surface area contributed by atoms with E-state index in [-0.39, 0.29) is 24.1 Å². The van der Waals surface area contributed by atoms with Crippen LogP contribution in [0.4, 0.5) is 4.39 Å². The van der Waals surface area contributed by atoms with Gasteiger partial charge in [0.15, 0.2) is 0 Å². The van der Waals surface area contributed by atoms with E-state index in [1.165, 1.54) is 29.1 Å². The Balaban J connectivity index is 1.71. The molecule has 1 N–H and O–H groups in total. The summed E-state index contributed by atoms with van der Waals surface area (Å²) < 4.78 is 15.9. The van der Waals surface area contributed by atoms with Crippen LogP contribution in [0.15, 0.2) is 58.1 Å². The first-order valence-electron chi connectivity index (χ1n) is 8.07. The zero-order valence-corrected chi connectivity index (χ0v) is 15.6. The van der Waals surface area contributed by atoms with Gasteiger partial charge in [-0.1, -0.05) is 34.1 Å². The third-order valence-corrected chi connectivity index (χ3v) is 4.51. The Morgan fingerprint density at radius 3 is 2.85 bits per heavy atom. The number of fused-ring (bicyclic) bond motifs is 1. The van der Waals surface area contributed by atoms with Gasteiger partial charge in [0, 0.05) is 23.0 Å². The quantitative estimate of drug-likeness (QED) is 0.676. The lowest BCUT2D eigenvalue weighted by Gasteiger charge is -2.13. The number of halogens is 2. The molecule has 27 heavy (non-hydrogen) atoms. The summed E-state index contributed by atoms with van der Waals surface area (Å²) in [6.45, 7) is 0.0928. The molecule has 1 amide bonds.